The van der Waals surface area contributed by atoms with Crippen LogP contribution in [0.25, 0.3) is 0 Å². The fraction of sp³-hybridized carbons (Fsp3) is 0.538. The number of likely N-dealkylation sites (tertiary alicyclic amines) is 1. The molecule has 20 heavy (non-hydrogen) atoms. The van der Waals surface area contributed by atoms with Crippen molar-refractivity contribution in [2.24, 2.45) is 5.84 Å². The molecule has 0 aromatic carbocycles. The Morgan fingerprint density at radius 1 is 1.40 bits per heavy atom. The molecule has 7 heteroatoms. The number of hydrogen-bond donors (Lipinski definition) is 3. The lowest BCUT2D eigenvalue weighted by Crippen LogP contribution is -2.28. The minimum Gasteiger partial charge on any atom is -0.352 e. The largest absolute Gasteiger partial charge is 0.352 e. The number of pyridine rings is 1. The van der Waals surface area contributed by atoms with Crippen molar-refractivity contribution in [3.63, 3.8) is 0 Å². The summed E-state index contributed by atoms with van der Waals surface area (Å²) in [6.07, 6.45) is 3.53. The Hall–Kier alpha value is -1.37. The van der Waals surface area contributed by atoms with Crippen LogP contribution in [0.1, 0.15) is 29.6 Å². The van der Waals surface area contributed by atoms with Crippen molar-refractivity contribution >= 4 is 23.3 Å². The van der Waals surface area contributed by atoms with Crippen LogP contribution in [0.2, 0.25) is 5.15 Å². The van der Waals surface area contributed by atoms with Gasteiger partial charge in [-0.05, 0) is 51.0 Å². The van der Waals surface area contributed by atoms with Crippen molar-refractivity contribution in [2.45, 2.75) is 19.3 Å². The van der Waals surface area contributed by atoms with Crippen LogP contribution < -0.4 is 16.6 Å². The molecule has 1 aromatic rings. The molecule has 1 amide bonds. The third kappa shape index (κ3) is 4.33. The number of rotatable bonds is 6. The molecular formula is C13H20ClN5O. The van der Waals surface area contributed by atoms with Crippen LogP contribution in [0.4, 0.5) is 5.82 Å². The average Bonchev–Trinajstić information content (AvgIpc) is 2.95. The number of halogens is 1. The summed E-state index contributed by atoms with van der Waals surface area (Å²) in [4.78, 5) is 18.3. The van der Waals surface area contributed by atoms with Crippen LogP contribution in [-0.2, 0) is 0 Å². The first-order valence-electron chi connectivity index (χ1n) is 6.84. The summed E-state index contributed by atoms with van der Waals surface area (Å²) in [7, 11) is 0. The maximum atomic E-state index is 12.0. The first-order valence-corrected chi connectivity index (χ1v) is 7.21. The molecule has 1 saturated heterocycles. The minimum absolute atomic E-state index is 0.160. The fourth-order valence-corrected chi connectivity index (χ4v) is 2.52. The number of carbonyl (C=O) groups excluding carboxylic acids is 1. The van der Waals surface area contributed by atoms with Gasteiger partial charge >= 0.3 is 0 Å². The second-order valence-corrected chi connectivity index (χ2v) is 5.25. The number of aromatic nitrogens is 1. The van der Waals surface area contributed by atoms with Gasteiger partial charge < -0.3 is 15.6 Å². The number of nitrogen functional groups attached to an aromatic ring is 1. The summed E-state index contributed by atoms with van der Waals surface area (Å²) < 4.78 is 0. The summed E-state index contributed by atoms with van der Waals surface area (Å²) in [6, 6.07) is 3.10. The van der Waals surface area contributed by atoms with Crippen molar-refractivity contribution in [3.05, 3.63) is 22.8 Å². The third-order valence-corrected chi connectivity index (χ3v) is 3.53. The summed E-state index contributed by atoms with van der Waals surface area (Å²) in [6.45, 7) is 4.05. The van der Waals surface area contributed by atoms with Gasteiger partial charge in [-0.1, -0.05) is 11.6 Å². The number of nitrogens with zero attached hydrogens (tertiary/aromatic N) is 2. The second-order valence-electron chi connectivity index (χ2n) is 4.87. The molecule has 0 spiro atoms. The standard InChI is InChI=1S/C13H20ClN5O/c14-11-8-10(9-12(17-11)18-15)13(20)16-4-3-7-19-5-1-2-6-19/h8-9H,1-7,15H2,(H,16,20)(H,17,18). The lowest BCUT2D eigenvalue weighted by atomic mass is 10.2. The number of nitrogens with one attached hydrogen (secondary N) is 2. The van der Waals surface area contributed by atoms with Gasteiger partial charge in [-0.15, -0.1) is 0 Å². The van der Waals surface area contributed by atoms with Crippen molar-refractivity contribution in [2.75, 3.05) is 31.6 Å². The Balaban J connectivity index is 1.77. The molecule has 0 unspecified atom stereocenters. The summed E-state index contributed by atoms with van der Waals surface area (Å²) in [5, 5.41) is 3.12. The maximum absolute atomic E-state index is 12.0. The molecule has 6 nitrogen and oxygen atoms in total. The van der Waals surface area contributed by atoms with Crippen molar-refractivity contribution < 1.29 is 4.79 Å². The predicted molar refractivity (Wildman–Crippen MR) is 79.7 cm³/mol. The topological polar surface area (TPSA) is 83.3 Å². The predicted octanol–water partition coefficient (Wildman–Crippen LogP) is 1.24. The molecular weight excluding hydrogens is 278 g/mol. The van der Waals surface area contributed by atoms with Crippen LogP contribution >= 0.6 is 11.6 Å². The number of nitrogens with two attached hydrogens (primary N) is 1. The van der Waals surface area contributed by atoms with Gasteiger partial charge in [0.25, 0.3) is 5.91 Å². The fourth-order valence-electron chi connectivity index (χ4n) is 2.31. The summed E-state index contributed by atoms with van der Waals surface area (Å²) in [5.41, 5.74) is 2.84. The molecule has 1 aromatic heterocycles. The molecule has 0 bridgehead atoms. The third-order valence-electron chi connectivity index (χ3n) is 3.34. The number of amides is 1. The highest BCUT2D eigenvalue weighted by atomic mass is 35.5. The normalized spacial score (nSPS) is 15.3. The molecule has 2 rings (SSSR count). The highest BCUT2D eigenvalue weighted by molar-refractivity contribution is 6.29. The van der Waals surface area contributed by atoms with Crippen molar-refractivity contribution in [1.29, 1.82) is 0 Å². The Kier molecular flexibility index (Phi) is 5.58. The van der Waals surface area contributed by atoms with Gasteiger partial charge in [0.05, 0.1) is 0 Å². The van der Waals surface area contributed by atoms with E-state index in [2.05, 4.69) is 20.6 Å². The molecule has 0 radical (unpaired) electrons. The van der Waals surface area contributed by atoms with Gasteiger partial charge in [-0.2, -0.15) is 0 Å². The molecule has 1 fully saturated rings. The van der Waals surface area contributed by atoms with Gasteiger partial charge in [-0.25, -0.2) is 10.8 Å². The van der Waals surface area contributed by atoms with E-state index in [1.165, 1.54) is 32.0 Å². The van der Waals surface area contributed by atoms with Gasteiger partial charge in [-0.3, -0.25) is 4.79 Å². The van der Waals surface area contributed by atoms with Crippen molar-refractivity contribution in [3.8, 4) is 0 Å². The van der Waals surface area contributed by atoms with E-state index in [9.17, 15) is 4.79 Å². The molecule has 0 aliphatic carbocycles. The number of carbonyl (C=O) groups is 1. The Labute approximate surface area is 123 Å². The molecule has 0 atom stereocenters. The second kappa shape index (κ2) is 7.42. The lowest BCUT2D eigenvalue weighted by Gasteiger charge is -2.14. The summed E-state index contributed by atoms with van der Waals surface area (Å²) in [5.74, 6) is 5.49. The van der Waals surface area contributed by atoms with E-state index in [0.29, 0.717) is 17.9 Å². The van der Waals surface area contributed by atoms with Crippen LogP contribution in [0.5, 0.6) is 0 Å². The van der Waals surface area contributed by atoms with E-state index in [4.69, 9.17) is 17.4 Å². The highest BCUT2D eigenvalue weighted by Crippen LogP contribution is 2.13. The Bertz CT molecular complexity index is 462. The van der Waals surface area contributed by atoms with Crippen molar-refractivity contribution in [1.82, 2.24) is 15.2 Å². The zero-order chi connectivity index (χ0) is 14.4. The van der Waals surface area contributed by atoms with Gasteiger partial charge in [0.1, 0.15) is 11.0 Å². The molecule has 0 saturated carbocycles. The van der Waals surface area contributed by atoms with Gasteiger partial charge in [0.2, 0.25) is 0 Å². The first-order chi connectivity index (χ1) is 9.69. The molecule has 2 heterocycles. The van der Waals surface area contributed by atoms with E-state index in [1.54, 1.807) is 6.07 Å². The van der Waals surface area contributed by atoms with Crippen LogP contribution in [0.15, 0.2) is 12.1 Å². The number of hydrazine groups is 1. The van der Waals surface area contributed by atoms with Gasteiger partial charge in [0.15, 0.2) is 0 Å². The zero-order valence-electron chi connectivity index (χ0n) is 11.4. The van der Waals surface area contributed by atoms with Crippen LogP contribution in [0.3, 0.4) is 0 Å². The maximum Gasteiger partial charge on any atom is 0.251 e. The van der Waals surface area contributed by atoms with E-state index >= 15 is 0 Å². The Morgan fingerprint density at radius 3 is 2.85 bits per heavy atom. The first kappa shape index (κ1) is 15.0. The molecule has 1 aliphatic rings. The molecule has 4 N–H and O–H groups in total. The highest BCUT2D eigenvalue weighted by Gasteiger charge is 2.11. The zero-order valence-corrected chi connectivity index (χ0v) is 12.1. The van der Waals surface area contributed by atoms with E-state index in [1.807, 2.05) is 0 Å². The van der Waals surface area contributed by atoms with E-state index < -0.39 is 0 Å². The number of hydrogen-bond acceptors (Lipinski definition) is 5. The lowest BCUT2D eigenvalue weighted by molar-refractivity contribution is 0.0952. The van der Waals surface area contributed by atoms with Gasteiger partial charge in [0, 0.05) is 12.1 Å². The smallest absolute Gasteiger partial charge is 0.251 e. The summed E-state index contributed by atoms with van der Waals surface area (Å²) >= 11 is 5.83. The monoisotopic (exact) mass is 297 g/mol. The van der Waals surface area contributed by atoms with E-state index in [-0.39, 0.29) is 11.1 Å². The molecule has 1 aliphatic heterocycles. The average molecular weight is 298 g/mol. The Morgan fingerprint density at radius 2 is 2.15 bits per heavy atom. The SMILES string of the molecule is NNc1cc(C(=O)NCCCN2CCCC2)cc(Cl)n1. The van der Waals surface area contributed by atoms with E-state index in [0.717, 1.165) is 13.0 Å². The minimum atomic E-state index is -0.160. The molecule has 110 valence electrons. The van der Waals surface area contributed by atoms with Crippen LogP contribution in [-0.4, -0.2) is 42.0 Å². The number of anilines is 1. The van der Waals surface area contributed by atoms with Crippen LogP contribution in [0, 0.1) is 0 Å². The quantitative estimate of drug-likeness (QED) is 0.318.